The van der Waals surface area contributed by atoms with Crippen molar-refractivity contribution < 1.29 is 54.2 Å². The minimum absolute atomic E-state index is 0. The molecule has 2 aromatic carbocycles. The molecule has 0 radical (unpaired) electrons. The number of halogens is 1. The Hall–Kier alpha value is -3.26. The SMILES string of the molecule is COC(=O)c1ccc(OCc2c(-c3ccc(F)cc3)noc2/C=C/c2ccccc2)nc1.[H-].[Na+]. The Morgan fingerprint density at radius 2 is 1.82 bits per heavy atom. The van der Waals surface area contributed by atoms with Gasteiger partial charge in [-0.2, -0.15) is 0 Å². The van der Waals surface area contributed by atoms with Crippen molar-refractivity contribution in [2.45, 2.75) is 6.61 Å². The number of pyridine rings is 1. The molecule has 4 rings (SSSR count). The molecule has 0 fully saturated rings. The summed E-state index contributed by atoms with van der Waals surface area (Å²) in [6, 6.07) is 18.9. The van der Waals surface area contributed by atoms with E-state index in [1.165, 1.54) is 25.4 Å². The van der Waals surface area contributed by atoms with Crippen molar-refractivity contribution in [1.82, 2.24) is 10.1 Å². The van der Waals surface area contributed by atoms with E-state index in [-0.39, 0.29) is 43.4 Å². The first kappa shape index (κ1) is 24.4. The second kappa shape index (κ2) is 11.6. The van der Waals surface area contributed by atoms with Gasteiger partial charge in [-0.05, 0) is 42.0 Å². The average molecular weight is 454 g/mol. The molecule has 0 bridgehead atoms. The van der Waals surface area contributed by atoms with Crippen molar-refractivity contribution in [3.63, 3.8) is 0 Å². The third-order valence-electron chi connectivity index (χ3n) is 4.68. The van der Waals surface area contributed by atoms with E-state index in [0.29, 0.717) is 34.0 Å². The number of ether oxygens (including phenoxy) is 2. The molecule has 2 heterocycles. The first-order valence-electron chi connectivity index (χ1n) is 9.79. The Morgan fingerprint density at radius 3 is 2.48 bits per heavy atom. The molecule has 0 amide bonds. The third kappa shape index (κ3) is 6.16. The fourth-order valence-corrected chi connectivity index (χ4v) is 3.01. The van der Waals surface area contributed by atoms with E-state index in [2.05, 4.69) is 14.9 Å². The molecule has 0 aliphatic heterocycles. The van der Waals surface area contributed by atoms with E-state index < -0.39 is 5.97 Å². The summed E-state index contributed by atoms with van der Waals surface area (Å²) < 4.78 is 29.4. The van der Waals surface area contributed by atoms with Gasteiger partial charge in [0.1, 0.15) is 18.1 Å². The van der Waals surface area contributed by atoms with Crippen LogP contribution in [0.2, 0.25) is 0 Å². The quantitative estimate of drug-likeness (QED) is 0.316. The number of methoxy groups -OCH3 is 1. The van der Waals surface area contributed by atoms with E-state index in [9.17, 15) is 9.18 Å². The first-order valence-corrected chi connectivity index (χ1v) is 9.79. The van der Waals surface area contributed by atoms with Crippen LogP contribution in [0, 0.1) is 5.82 Å². The molecule has 0 N–H and O–H groups in total. The number of hydrogen-bond acceptors (Lipinski definition) is 6. The minimum Gasteiger partial charge on any atom is -1.00 e. The van der Waals surface area contributed by atoms with Crippen LogP contribution in [0.25, 0.3) is 23.4 Å². The van der Waals surface area contributed by atoms with Gasteiger partial charge in [0, 0.05) is 17.8 Å². The van der Waals surface area contributed by atoms with Crippen molar-refractivity contribution in [2.24, 2.45) is 0 Å². The van der Waals surface area contributed by atoms with Crippen molar-refractivity contribution in [3.8, 4) is 17.1 Å². The monoisotopic (exact) mass is 454 g/mol. The van der Waals surface area contributed by atoms with Gasteiger partial charge in [-0.3, -0.25) is 0 Å². The maximum atomic E-state index is 13.4. The van der Waals surface area contributed by atoms with Gasteiger partial charge in [0.25, 0.3) is 0 Å². The van der Waals surface area contributed by atoms with Crippen LogP contribution in [0.5, 0.6) is 5.88 Å². The number of benzene rings is 2. The van der Waals surface area contributed by atoms with E-state index in [1.54, 1.807) is 24.3 Å². The largest absolute Gasteiger partial charge is 1.00 e. The van der Waals surface area contributed by atoms with E-state index in [4.69, 9.17) is 9.26 Å². The molecule has 33 heavy (non-hydrogen) atoms. The standard InChI is InChI=1S/C25H19FN2O4.Na.H/c1-30-25(29)19-10-14-23(27-15-19)31-16-21-22(13-7-17-5-3-2-4-6-17)32-28-24(21)18-8-11-20(26)12-9-18;;/h2-15H,16H2,1H3;;/q;+1;-1/b13-7+;;. The zero-order valence-corrected chi connectivity index (χ0v) is 20.2. The summed E-state index contributed by atoms with van der Waals surface area (Å²) in [4.78, 5) is 15.7. The summed E-state index contributed by atoms with van der Waals surface area (Å²) in [5.74, 6) is 0.0189. The Labute approximate surface area is 213 Å². The van der Waals surface area contributed by atoms with Gasteiger partial charge in [-0.25, -0.2) is 14.2 Å². The molecule has 8 heteroatoms. The van der Waals surface area contributed by atoms with Crippen LogP contribution in [0.1, 0.15) is 28.7 Å². The number of esters is 1. The minimum atomic E-state index is -0.477. The second-order valence-electron chi connectivity index (χ2n) is 6.79. The molecule has 6 nitrogen and oxygen atoms in total. The summed E-state index contributed by atoms with van der Waals surface area (Å²) in [6.07, 6.45) is 5.09. The van der Waals surface area contributed by atoms with E-state index in [0.717, 1.165) is 5.56 Å². The maximum absolute atomic E-state index is 13.4. The number of hydrogen-bond donors (Lipinski definition) is 0. The van der Waals surface area contributed by atoms with Gasteiger partial charge in [0.2, 0.25) is 5.88 Å². The van der Waals surface area contributed by atoms with Gasteiger partial charge >= 0.3 is 35.5 Å². The molecular weight excluding hydrogens is 434 g/mol. The average Bonchev–Trinajstić information content (AvgIpc) is 3.25. The zero-order valence-electron chi connectivity index (χ0n) is 19.2. The first-order chi connectivity index (χ1) is 15.6. The van der Waals surface area contributed by atoms with Crippen LogP contribution in [0.15, 0.2) is 77.4 Å². The Morgan fingerprint density at radius 1 is 1.06 bits per heavy atom. The smallest absolute Gasteiger partial charge is 1.00 e. The van der Waals surface area contributed by atoms with Crippen LogP contribution >= 0.6 is 0 Å². The molecular formula is C25H20FN2NaO4. The van der Waals surface area contributed by atoms with Gasteiger partial charge in [0.15, 0.2) is 5.76 Å². The molecule has 162 valence electrons. The molecule has 0 aliphatic carbocycles. The van der Waals surface area contributed by atoms with Crippen LogP contribution in [0.4, 0.5) is 4.39 Å². The zero-order chi connectivity index (χ0) is 22.3. The molecule has 0 aliphatic rings. The molecule has 0 atom stereocenters. The van der Waals surface area contributed by atoms with Gasteiger partial charge < -0.3 is 15.4 Å². The van der Waals surface area contributed by atoms with Gasteiger partial charge in [-0.1, -0.05) is 41.6 Å². The third-order valence-corrected chi connectivity index (χ3v) is 4.68. The molecule has 0 saturated heterocycles. The predicted octanol–water partition coefficient (Wildman–Crippen LogP) is 2.53. The Kier molecular flexibility index (Phi) is 8.54. The molecule has 2 aromatic heterocycles. The van der Waals surface area contributed by atoms with Crippen molar-refractivity contribution in [2.75, 3.05) is 7.11 Å². The molecule has 0 spiro atoms. The Balaban J connectivity index is 0.00000204. The Bertz CT molecular complexity index is 1230. The fourth-order valence-electron chi connectivity index (χ4n) is 3.01. The van der Waals surface area contributed by atoms with Crippen LogP contribution in [-0.2, 0) is 11.3 Å². The summed E-state index contributed by atoms with van der Waals surface area (Å²) >= 11 is 0. The maximum Gasteiger partial charge on any atom is 1.00 e. The normalized spacial score (nSPS) is 10.6. The van der Waals surface area contributed by atoms with Crippen LogP contribution < -0.4 is 34.3 Å². The number of carbonyl (C=O) groups excluding carboxylic acids is 1. The van der Waals surface area contributed by atoms with Gasteiger partial charge in [0.05, 0.1) is 18.2 Å². The second-order valence-corrected chi connectivity index (χ2v) is 6.79. The topological polar surface area (TPSA) is 74.5 Å². The predicted molar refractivity (Wildman–Crippen MR) is 118 cm³/mol. The fraction of sp³-hybridized carbons (Fsp3) is 0.0800. The van der Waals surface area contributed by atoms with Crippen molar-refractivity contribution >= 4 is 18.1 Å². The van der Waals surface area contributed by atoms with Gasteiger partial charge in [-0.15, -0.1) is 0 Å². The molecule has 0 saturated carbocycles. The van der Waals surface area contributed by atoms with E-state index >= 15 is 0 Å². The summed E-state index contributed by atoms with van der Waals surface area (Å²) in [5.41, 5.74) is 3.25. The number of aromatic nitrogens is 2. The van der Waals surface area contributed by atoms with Crippen molar-refractivity contribution in [1.29, 1.82) is 0 Å². The van der Waals surface area contributed by atoms with Crippen LogP contribution in [0.3, 0.4) is 0 Å². The molecule has 4 aromatic rings. The number of carbonyl (C=O) groups is 1. The number of rotatable bonds is 7. The number of nitrogens with zero attached hydrogens (tertiary/aromatic N) is 2. The summed E-state index contributed by atoms with van der Waals surface area (Å²) in [5, 5.41) is 4.18. The van der Waals surface area contributed by atoms with Crippen LogP contribution in [-0.4, -0.2) is 23.2 Å². The summed E-state index contributed by atoms with van der Waals surface area (Å²) in [6.45, 7) is 0.106. The van der Waals surface area contributed by atoms with E-state index in [1.807, 2.05) is 42.5 Å². The molecule has 0 unspecified atom stereocenters. The summed E-state index contributed by atoms with van der Waals surface area (Å²) in [7, 11) is 1.31. The van der Waals surface area contributed by atoms with Crippen molar-refractivity contribution in [3.05, 3.63) is 101 Å².